The average molecular weight is 364 g/mol. The minimum atomic E-state index is 0.0273. The molecule has 0 bridgehead atoms. The van der Waals surface area contributed by atoms with Crippen LogP contribution in [-0.2, 0) is 0 Å². The second-order valence-corrected chi connectivity index (χ2v) is 7.65. The van der Waals surface area contributed by atoms with Crippen LogP contribution in [0.4, 0.5) is 0 Å². The quantitative estimate of drug-likeness (QED) is 0.739. The van der Waals surface area contributed by atoms with Crippen LogP contribution >= 0.6 is 11.8 Å². The van der Waals surface area contributed by atoms with E-state index in [0.717, 1.165) is 34.5 Å². The number of hydrogen-bond donors (Lipinski definition) is 2. The normalized spacial score (nSPS) is 20.0. The highest BCUT2D eigenvalue weighted by Crippen LogP contribution is 2.44. The van der Waals surface area contributed by atoms with Crippen molar-refractivity contribution >= 4 is 16.9 Å². The van der Waals surface area contributed by atoms with E-state index in [1.807, 2.05) is 19.3 Å². The third-order valence-electron chi connectivity index (χ3n) is 4.66. The van der Waals surface area contributed by atoms with Gasteiger partial charge in [0.25, 0.3) is 0 Å². The molecule has 0 saturated carbocycles. The molecular formula is C19H20N6S. The van der Waals surface area contributed by atoms with Crippen molar-refractivity contribution in [2.45, 2.75) is 31.6 Å². The number of nitrogens with zero attached hydrogens (tertiary/aromatic N) is 4. The summed E-state index contributed by atoms with van der Waals surface area (Å²) in [4.78, 5) is 12.9. The van der Waals surface area contributed by atoms with Crippen molar-refractivity contribution in [2.75, 3.05) is 0 Å². The molecule has 3 N–H and O–H groups in total. The van der Waals surface area contributed by atoms with Crippen molar-refractivity contribution in [1.82, 2.24) is 20.2 Å². The number of rotatable bonds is 3. The lowest BCUT2D eigenvalue weighted by atomic mass is 9.95. The maximum Gasteiger partial charge on any atom is 0.155 e. The lowest BCUT2D eigenvalue weighted by molar-refractivity contribution is 0.637. The van der Waals surface area contributed by atoms with Gasteiger partial charge in [-0.15, -0.1) is 0 Å². The molecule has 0 unspecified atom stereocenters. The van der Waals surface area contributed by atoms with Crippen LogP contribution in [0.2, 0.25) is 0 Å². The van der Waals surface area contributed by atoms with Gasteiger partial charge in [0, 0.05) is 34.5 Å². The Labute approximate surface area is 156 Å². The zero-order valence-electron chi connectivity index (χ0n) is 14.7. The summed E-state index contributed by atoms with van der Waals surface area (Å²) in [5, 5.41) is 8.29. The third-order valence-corrected chi connectivity index (χ3v) is 5.72. The van der Waals surface area contributed by atoms with Crippen LogP contribution in [0.1, 0.15) is 40.2 Å². The third kappa shape index (κ3) is 3.22. The van der Waals surface area contributed by atoms with Gasteiger partial charge in [-0.25, -0.2) is 9.97 Å². The number of H-pyrrole nitrogens is 1. The predicted octanol–water partition coefficient (Wildman–Crippen LogP) is 3.72. The van der Waals surface area contributed by atoms with E-state index in [1.165, 1.54) is 11.9 Å². The fraction of sp³-hybridized carbons (Fsp3) is 0.263. The number of thioether (sulfide) groups is 1. The number of aryl methyl sites for hydroxylation is 2. The number of nitrogens with one attached hydrogen (secondary N) is 1. The summed E-state index contributed by atoms with van der Waals surface area (Å²) in [6.07, 6.45) is 6.07. The highest BCUT2D eigenvalue weighted by Gasteiger charge is 2.29. The molecule has 1 aliphatic rings. The standard InChI is InChI=1S/C19H20N6S/c1-11-18(12(2)25-24-11)17-7-16(23-19(20)26-17)14-5-3-4-13(6-14)15-8-21-10-22-9-15/h3-6,8-10,16-17H,7H2,1-2H3,(H2,20,23)(H,24,25)/t16-,17-/m0/s1. The largest absolute Gasteiger partial charge is 0.379 e. The zero-order chi connectivity index (χ0) is 18.1. The van der Waals surface area contributed by atoms with Gasteiger partial charge in [0.1, 0.15) is 6.33 Å². The first-order chi connectivity index (χ1) is 12.6. The number of benzene rings is 1. The van der Waals surface area contributed by atoms with E-state index in [-0.39, 0.29) is 11.3 Å². The van der Waals surface area contributed by atoms with Crippen molar-refractivity contribution < 1.29 is 0 Å². The summed E-state index contributed by atoms with van der Waals surface area (Å²) in [6.45, 7) is 4.09. The van der Waals surface area contributed by atoms with Crippen LogP contribution in [0.3, 0.4) is 0 Å². The first-order valence-corrected chi connectivity index (χ1v) is 9.36. The Kier molecular flexibility index (Phi) is 4.46. The van der Waals surface area contributed by atoms with Crippen LogP contribution < -0.4 is 5.73 Å². The smallest absolute Gasteiger partial charge is 0.155 e. The van der Waals surface area contributed by atoms with Crippen LogP contribution in [-0.4, -0.2) is 25.3 Å². The van der Waals surface area contributed by atoms with Gasteiger partial charge >= 0.3 is 0 Å². The molecule has 0 fully saturated rings. The van der Waals surface area contributed by atoms with Gasteiger partial charge in [-0.3, -0.25) is 10.1 Å². The molecule has 2 aromatic heterocycles. The van der Waals surface area contributed by atoms with Crippen molar-refractivity contribution in [1.29, 1.82) is 0 Å². The van der Waals surface area contributed by atoms with E-state index in [9.17, 15) is 0 Å². The fourth-order valence-corrected chi connectivity index (χ4v) is 4.65. The van der Waals surface area contributed by atoms with E-state index in [0.29, 0.717) is 5.17 Å². The number of nitrogens with two attached hydrogens (primary N) is 1. The number of aromatic amines is 1. The van der Waals surface area contributed by atoms with E-state index >= 15 is 0 Å². The Hall–Kier alpha value is -2.67. The van der Waals surface area contributed by atoms with Gasteiger partial charge in [-0.05, 0) is 37.5 Å². The van der Waals surface area contributed by atoms with E-state index in [2.05, 4.69) is 51.4 Å². The monoisotopic (exact) mass is 364 g/mol. The van der Waals surface area contributed by atoms with Crippen LogP contribution in [0.25, 0.3) is 11.1 Å². The van der Waals surface area contributed by atoms with Gasteiger partial charge in [0.05, 0.1) is 11.7 Å². The van der Waals surface area contributed by atoms with Crippen molar-refractivity contribution in [3.8, 4) is 11.1 Å². The minimum Gasteiger partial charge on any atom is -0.379 e. The number of hydrogen-bond acceptors (Lipinski definition) is 6. The first-order valence-electron chi connectivity index (χ1n) is 8.48. The minimum absolute atomic E-state index is 0.0273. The maximum absolute atomic E-state index is 6.17. The van der Waals surface area contributed by atoms with Crippen molar-refractivity contribution in [2.24, 2.45) is 10.7 Å². The molecule has 132 valence electrons. The lowest BCUT2D eigenvalue weighted by Gasteiger charge is -2.26. The van der Waals surface area contributed by atoms with Crippen LogP contribution in [0.15, 0.2) is 48.0 Å². The topological polar surface area (TPSA) is 92.8 Å². The summed E-state index contributed by atoms with van der Waals surface area (Å²) in [5.74, 6) is 0. The summed E-state index contributed by atoms with van der Waals surface area (Å²) in [6, 6.07) is 8.40. The van der Waals surface area contributed by atoms with Gasteiger partial charge in [0.2, 0.25) is 0 Å². The molecule has 0 spiro atoms. The molecule has 2 atom stereocenters. The molecule has 26 heavy (non-hydrogen) atoms. The summed E-state index contributed by atoms with van der Waals surface area (Å²) >= 11 is 1.62. The van der Waals surface area contributed by atoms with E-state index < -0.39 is 0 Å². The molecular weight excluding hydrogens is 344 g/mol. The molecule has 0 amide bonds. The second-order valence-electron chi connectivity index (χ2n) is 6.43. The van der Waals surface area contributed by atoms with Gasteiger partial charge in [0.15, 0.2) is 5.17 Å². The Balaban J connectivity index is 1.66. The SMILES string of the molecule is Cc1n[nH]c(C)c1[C@@H]1C[C@@H](c2cccc(-c3cncnc3)c2)N=C(N)S1. The molecule has 3 aromatic rings. The molecule has 0 aliphatic carbocycles. The fourth-order valence-electron chi connectivity index (χ4n) is 3.43. The van der Waals surface area contributed by atoms with Gasteiger partial charge in [-0.2, -0.15) is 5.10 Å². The molecule has 0 radical (unpaired) electrons. The zero-order valence-corrected chi connectivity index (χ0v) is 15.5. The first kappa shape index (κ1) is 16.8. The van der Waals surface area contributed by atoms with E-state index in [4.69, 9.17) is 10.7 Å². The molecule has 7 heteroatoms. The summed E-state index contributed by atoms with van der Waals surface area (Å²) < 4.78 is 0. The Bertz CT molecular complexity index is 930. The Morgan fingerprint density at radius 1 is 1.15 bits per heavy atom. The highest BCUT2D eigenvalue weighted by atomic mass is 32.2. The molecule has 1 aromatic carbocycles. The number of aliphatic imine (C=N–C) groups is 1. The molecule has 4 rings (SSSR count). The van der Waals surface area contributed by atoms with Crippen LogP contribution in [0.5, 0.6) is 0 Å². The molecule has 0 saturated heterocycles. The highest BCUT2D eigenvalue weighted by molar-refractivity contribution is 8.14. The predicted molar refractivity (Wildman–Crippen MR) is 105 cm³/mol. The summed E-state index contributed by atoms with van der Waals surface area (Å²) in [5.41, 5.74) is 12.8. The second kappa shape index (κ2) is 6.92. The Morgan fingerprint density at radius 3 is 2.69 bits per heavy atom. The molecule has 3 heterocycles. The maximum atomic E-state index is 6.17. The summed E-state index contributed by atoms with van der Waals surface area (Å²) in [7, 11) is 0. The average Bonchev–Trinajstić information content (AvgIpc) is 3.00. The van der Waals surface area contributed by atoms with Crippen molar-refractivity contribution in [3.05, 3.63) is 65.5 Å². The molecule has 1 aliphatic heterocycles. The molecule has 6 nitrogen and oxygen atoms in total. The van der Waals surface area contributed by atoms with Gasteiger partial charge in [-0.1, -0.05) is 30.0 Å². The van der Waals surface area contributed by atoms with Gasteiger partial charge < -0.3 is 5.73 Å². The number of aromatic nitrogens is 4. The van der Waals surface area contributed by atoms with Crippen LogP contribution in [0, 0.1) is 13.8 Å². The van der Waals surface area contributed by atoms with E-state index in [1.54, 1.807) is 11.8 Å². The Morgan fingerprint density at radius 2 is 1.96 bits per heavy atom. The lowest BCUT2D eigenvalue weighted by Crippen LogP contribution is -2.19. The number of amidine groups is 1. The van der Waals surface area contributed by atoms with Crippen molar-refractivity contribution in [3.63, 3.8) is 0 Å².